The number of amides is 1. The van der Waals surface area contributed by atoms with Crippen molar-refractivity contribution in [2.45, 2.75) is 24.3 Å². The Hall–Kier alpha value is -2.85. The molecule has 1 amide bonds. The van der Waals surface area contributed by atoms with E-state index in [4.69, 9.17) is 5.73 Å². The van der Waals surface area contributed by atoms with Crippen LogP contribution in [0.15, 0.2) is 70.7 Å². The van der Waals surface area contributed by atoms with Crippen LogP contribution < -0.4 is 15.8 Å². The molecule has 0 bridgehead atoms. The van der Waals surface area contributed by atoms with Crippen LogP contribution in [-0.4, -0.2) is 58.2 Å². The van der Waals surface area contributed by atoms with Crippen molar-refractivity contribution >= 4 is 27.4 Å². The summed E-state index contributed by atoms with van der Waals surface area (Å²) in [7, 11) is 0.193. The number of carbonyl (C=O) groups is 2. The number of allylic oxidation sites excluding steroid dienone is 3. The minimum Gasteiger partial charge on any atom is -0.325 e. The first-order chi connectivity index (χ1) is 15.6. The Morgan fingerprint density at radius 1 is 1.21 bits per heavy atom. The number of rotatable bonds is 9. The van der Waals surface area contributed by atoms with Crippen molar-refractivity contribution in [2.75, 3.05) is 27.2 Å². The number of benzene rings is 1. The molecule has 176 valence electrons. The quantitative estimate of drug-likeness (QED) is 0.370. The third kappa shape index (κ3) is 5.06. The molecule has 0 fully saturated rings. The zero-order valence-corrected chi connectivity index (χ0v) is 19.9. The summed E-state index contributed by atoms with van der Waals surface area (Å²) in [6.07, 6.45) is 5.66. The number of carbonyl (C=O) groups excluding carboxylic acids is 2. The average molecular weight is 471 g/mol. The highest BCUT2D eigenvalue weighted by Crippen LogP contribution is 2.39. The Balaban J connectivity index is 1.89. The lowest BCUT2D eigenvalue weighted by molar-refractivity contribution is -0.124. The number of nitrogens with one attached hydrogen (secondary N) is 2. The van der Waals surface area contributed by atoms with E-state index in [2.05, 4.69) is 16.6 Å². The maximum absolute atomic E-state index is 13.1. The Morgan fingerprint density at radius 2 is 1.88 bits per heavy atom. The minimum absolute atomic E-state index is 0.113. The van der Waals surface area contributed by atoms with Gasteiger partial charge in [0, 0.05) is 23.7 Å². The van der Waals surface area contributed by atoms with Crippen LogP contribution in [-0.2, 0) is 19.6 Å². The molecule has 8 nitrogen and oxygen atoms in total. The molecule has 33 heavy (non-hydrogen) atoms. The van der Waals surface area contributed by atoms with Crippen LogP contribution in [0.5, 0.6) is 0 Å². The predicted octanol–water partition coefficient (Wildman–Crippen LogP) is 1.34. The van der Waals surface area contributed by atoms with Crippen LogP contribution in [0, 0.1) is 5.92 Å². The van der Waals surface area contributed by atoms with Gasteiger partial charge in [-0.05, 0) is 57.3 Å². The summed E-state index contributed by atoms with van der Waals surface area (Å²) >= 11 is 0. The van der Waals surface area contributed by atoms with Crippen molar-refractivity contribution < 1.29 is 18.0 Å². The van der Waals surface area contributed by atoms with Gasteiger partial charge in [0.15, 0.2) is 5.78 Å². The number of nitrogens with zero attached hydrogens (tertiary/aromatic N) is 1. The largest absolute Gasteiger partial charge is 0.325 e. The van der Waals surface area contributed by atoms with E-state index in [0.29, 0.717) is 40.9 Å². The van der Waals surface area contributed by atoms with Crippen molar-refractivity contribution in [1.82, 2.24) is 14.9 Å². The fourth-order valence-electron chi connectivity index (χ4n) is 4.04. The van der Waals surface area contributed by atoms with E-state index in [1.807, 2.05) is 19.0 Å². The van der Waals surface area contributed by atoms with E-state index < -0.39 is 22.0 Å². The van der Waals surface area contributed by atoms with Crippen molar-refractivity contribution in [3.8, 4) is 0 Å². The molecule has 0 radical (unpaired) electrons. The van der Waals surface area contributed by atoms with Crippen molar-refractivity contribution in [3.05, 3.63) is 71.4 Å². The first kappa shape index (κ1) is 24.8. The summed E-state index contributed by atoms with van der Waals surface area (Å²) in [5.74, 6) is -1.41. The van der Waals surface area contributed by atoms with E-state index in [1.165, 1.54) is 12.1 Å². The van der Waals surface area contributed by atoms with Gasteiger partial charge in [0.2, 0.25) is 15.9 Å². The molecule has 1 aliphatic heterocycles. The Bertz CT molecular complexity index is 1160. The zero-order valence-electron chi connectivity index (χ0n) is 19.1. The first-order valence-electron chi connectivity index (χ1n) is 10.7. The van der Waals surface area contributed by atoms with Gasteiger partial charge < -0.3 is 16.0 Å². The van der Waals surface area contributed by atoms with Gasteiger partial charge in [0.25, 0.3) is 0 Å². The zero-order chi connectivity index (χ0) is 24.3. The lowest BCUT2D eigenvalue weighted by Crippen LogP contribution is -2.43. The third-order valence-corrected chi connectivity index (χ3v) is 7.26. The molecule has 2 atom stereocenters. The standard InChI is InChI=1S/C24H30N4O4S/c1-5-6-8-18-15(2)23(29)20-19(21(18)25)24(30)27-22(20)16-9-11-17(12-10-16)33(31,32)26-13-7-14-28(3)4/h5-6,8-12,19,21,26H,1,7,13-14,25H2,2-4H3,(H,27,30)/b8-6-. The van der Waals surface area contributed by atoms with Crippen LogP contribution >= 0.6 is 0 Å². The smallest absolute Gasteiger partial charge is 0.240 e. The molecule has 2 unspecified atom stereocenters. The molecule has 1 aliphatic carbocycles. The molecule has 0 spiro atoms. The second-order valence-electron chi connectivity index (χ2n) is 8.36. The Labute approximate surface area is 195 Å². The van der Waals surface area contributed by atoms with Crippen LogP contribution in [0.1, 0.15) is 18.9 Å². The third-order valence-electron chi connectivity index (χ3n) is 5.79. The van der Waals surface area contributed by atoms with E-state index >= 15 is 0 Å². The predicted molar refractivity (Wildman–Crippen MR) is 128 cm³/mol. The molecule has 0 saturated carbocycles. The molecule has 1 aromatic carbocycles. The number of ketones is 1. The summed E-state index contributed by atoms with van der Waals surface area (Å²) in [6, 6.07) is 5.43. The van der Waals surface area contributed by atoms with Crippen LogP contribution in [0.25, 0.3) is 5.70 Å². The van der Waals surface area contributed by atoms with Crippen molar-refractivity contribution in [2.24, 2.45) is 11.7 Å². The number of Topliss-reactive ketones (excluding diaryl/α,β-unsaturated/α-hetero) is 1. The van der Waals surface area contributed by atoms with E-state index in [-0.39, 0.29) is 16.6 Å². The minimum atomic E-state index is -3.66. The Kier molecular flexibility index (Phi) is 7.48. The summed E-state index contributed by atoms with van der Waals surface area (Å²) < 4.78 is 27.7. The van der Waals surface area contributed by atoms with Crippen LogP contribution in [0.3, 0.4) is 0 Å². The molecule has 0 saturated heterocycles. The monoisotopic (exact) mass is 470 g/mol. The van der Waals surface area contributed by atoms with Gasteiger partial charge >= 0.3 is 0 Å². The number of hydrogen-bond acceptors (Lipinski definition) is 6. The van der Waals surface area contributed by atoms with E-state index in [1.54, 1.807) is 37.3 Å². The second-order valence-corrected chi connectivity index (χ2v) is 10.1. The van der Waals surface area contributed by atoms with Gasteiger partial charge in [-0.2, -0.15) is 0 Å². The molecule has 9 heteroatoms. The van der Waals surface area contributed by atoms with Gasteiger partial charge in [-0.1, -0.05) is 36.9 Å². The summed E-state index contributed by atoms with van der Waals surface area (Å²) in [4.78, 5) is 28.0. The summed E-state index contributed by atoms with van der Waals surface area (Å²) in [5.41, 5.74) is 8.68. The highest BCUT2D eigenvalue weighted by molar-refractivity contribution is 7.89. The molecule has 1 aromatic rings. The average Bonchev–Trinajstić information content (AvgIpc) is 3.12. The normalized spacial score (nSPS) is 21.2. The van der Waals surface area contributed by atoms with Crippen LogP contribution in [0.2, 0.25) is 0 Å². The van der Waals surface area contributed by atoms with Gasteiger partial charge in [0.05, 0.1) is 16.5 Å². The molecule has 1 heterocycles. The highest BCUT2D eigenvalue weighted by atomic mass is 32.2. The molecular weight excluding hydrogens is 440 g/mol. The number of hydrogen-bond donors (Lipinski definition) is 3. The number of nitrogens with two attached hydrogens (primary N) is 1. The highest BCUT2D eigenvalue weighted by Gasteiger charge is 2.46. The number of sulfonamides is 1. The van der Waals surface area contributed by atoms with Gasteiger partial charge in [-0.25, -0.2) is 13.1 Å². The molecule has 2 aliphatic rings. The maximum atomic E-state index is 13.1. The van der Waals surface area contributed by atoms with Gasteiger partial charge in [-0.15, -0.1) is 0 Å². The molecular formula is C24H30N4O4S. The molecule has 0 aromatic heterocycles. The van der Waals surface area contributed by atoms with Crippen molar-refractivity contribution in [3.63, 3.8) is 0 Å². The van der Waals surface area contributed by atoms with Crippen LogP contribution in [0.4, 0.5) is 0 Å². The first-order valence-corrected chi connectivity index (χ1v) is 12.2. The topological polar surface area (TPSA) is 122 Å². The van der Waals surface area contributed by atoms with Gasteiger partial charge in [-0.3, -0.25) is 9.59 Å². The van der Waals surface area contributed by atoms with Gasteiger partial charge in [0.1, 0.15) is 0 Å². The maximum Gasteiger partial charge on any atom is 0.240 e. The van der Waals surface area contributed by atoms with E-state index in [0.717, 1.165) is 6.54 Å². The fourth-order valence-corrected chi connectivity index (χ4v) is 5.11. The lowest BCUT2D eigenvalue weighted by atomic mass is 9.76. The SMILES string of the molecule is C=C/C=C\C1=C(C)C(=O)C2=C(c3ccc(S(=O)(=O)NCCCN(C)C)cc3)NC(=O)C2C1N. The summed E-state index contributed by atoms with van der Waals surface area (Å²) in [6.45, 7) is 6.41. The molecule has 3 rings (SSSR count). The second kappa shape index (κ2) is 9.96. The van der Waals surface area contributed by atoms with Crippen molar-refractivity contribution in [1.29, 1.82) is 0 Å². The fraction of sp³-hybridized carbons (Fsp3) is 0.333. The van der Waals surface area contributed by atoms with E-state index in [9.17, 15) is 18.0 Å². The Morgan fingerprint density at radius 3 is 2.48 bits per heavy atom. The lowest BCUT2D eigenvalue weighted by Gasteiger charge is -2.28. The number of fused-ring (bicyclic) bond motifs is 1. The molecule has 4 N–H and O–H groups in total. The summed E-state index contributed by atoms with van der Waals surface area (Å²) in [5, 5.41) is 2.78.